The Morgan fingerprint density at radius 1 is 0.789 bits per heavy atom. The molecule has 0 spiro atoms. The molecule has 6 heteroatoms. The van der Waals surface area contributed by atoms with E-state index in [1.54, 1.807) is 0 Å². The zero-order valence-electron chi connectivity index (χ0n) is 9.23. The van der Waals surface area contributed by atoms with Crippen molar-refractivity contribution < 1.29 is 17.6 Å². The van der Waals surface area contributed by atoms with Crippen LogP contribution in [0.4, 0.5) is 17.6 Å². The summed E-state index contributed by atoms with van der Waals surface area (Å²) in [5, 5.41) is -1.26. The van der Waals surface area contributed by atoms with Crippen LogP contribution >= 0.6 is 27.5 Å². The van der Waals surface area contributed by atoms with E-state index in [-0.39, 0.29) is 11.1 Å². The first kappa shape index (κ1) is 14.3. The average Bonchev–Trinajstić information content (AvgIpc) is 2.36. The fourth-order valence-corrected chi connectivity index (χ4v) is 2.32. The average molecular weight is 354 g/mol. The molecule has 100 valence electrons. The molecule has 0 aliphatic rings. The molecule has 0 fully saturated rings. The van der Waals surface area contributed by atoms with Gasteiger partial charge < -0.3 is 0 Å². The van der Waals surface area contributed by atoms with Gasteiger partial charge in [0.15, 0.2) is 11.6 Å². The molecule has 0 radical (unpaired) electrons. The maximum absolute atomic E-state index is 13.6. The molecule has 0 aliphatic carbocycles. The van der Waals surface area contributed by atoms with E-state index in [4.69, 9.17) is 11.6 Å². The van der Waals surface area contributed by atoms with Crippen molar-refractivity contribution in [2.24, 2.45) is 0 Å². The Bertz CT molecular complexity index is 630. The number of alkyl halides is 1. The van der Waals surface area contributed by atoms with Crippen molar-refractivity contribution in [1.82, 2.24) is 0 Å². The first-order valence-electron chi connectivity index (χ1n) is 5.13. The van der Waals surface area contributed by atoms with Crippen molar-refractivity contribution in [2.75, 3.05) is 0 Å². The largest absolute Gasteiger partial charge is 0.207 e. The van der Waals surface area contributed by atoms with Gasteiger partial charge in [-0.2, -0.15) is 0 Å². The van der Waals surface area contributed by atoms with Gasteiger partial charge in [0.25, 0.3) is 0 Å². The first-order valence-corrected chi connectivity index (χ1v) is 6.36. The minimum Gasteiger partial charge on any atom is -0.207 e. The van der Waals surface area contributed by atoms with Crippen LogP contribution in [-0.4, -0.2) is 0 Å². The van der Waals surface area contributed by atoms with Gasteiger partial charge in [-0.3, -0.25) is 0 Å². The number of hydrogen-bond acceptors (Lipinski definition) is 0. The monoisotopic (exact) mass is 352 g/mol. The van der Waals surface area contributed by atoms with Crippen LogP contribution in [0, 0.1) is 23.3 Å². The van der Waals surface area contributed by atoms with Crippen molar-refractivity contribution in [2.45, 2.75) is 5.38 Å². The topological polar surface area (TPSA) is 0 Å². The number of benzene rings is 2. The van der Waals surface area contributed by atoms with E-state index < -0.39 is 28.6 Å². The highest BCUT2D eigenvalue weighted by atomic mass is 79.9. The Balaban J connectivity index is 2.52. The van der Waals surface area contributed by atoms with E-state index in [0.29, 0.717) is 16.6 Å². The standard InChI is InChI=1S/C13H6BrClF4/c14-6-1-2-9(16)7(3-6)13(15)8-4-11(18)12(19)5-10(8)17/h1-5,13H. The van der Waals surface area contributed by atoms with Gasteiger partial charge in [0.05, 0.1) is 5.38 Å². The highest BCUT2D eigenvalue weighted by Crippen LogP contribution is 2.34. The summed E-state index contributed by atoms with van der Waals surface area (Å²) in [4.78, 5) is 0. The van der Waals surface area contributed by atoms with E-state index in [1.807, 2.05) is 0 Å². The Morgan fingerprint density at radius 2 is 1.37 bits per heavy atom. The summed E-state index contributed by atoms with van der Waals surface area (Å²) >= 11 is 9.08. The summed E-state index contributed by atoms with van der Waals surface area (Å²) < 4.78 is 53.7. The maximum atomic E-state index is 13.6. The third-order valence-corrected chi connectivity index (χ3v) is 3.51. The predicted octanol–water partition coefficient (Wildman–Crippen LogP) is 5.33. The third kappa shape index (κ3) is 2.92. The number of rotatable bonds is 2. The van der Waals surface area contributed by atoms with Crippen LogP contribution in [0.1, 0.15) is 16.5 Å². The van der Waals surface area contributed by atoms with Crippen molar-refractivity contribution in [1.29, 1.82) is 0 Å². The minimum atomic E-state index is -1.32. The molecule has 0 aromatic heterocycles. The molecule has 2 aromatic rings. The molecule has 0 saturated heterocycles. The van der Waals surface area contributed by atoms with E-state index in [1.165, 1.54) is 12.1 Å². The second-order valence-electron chi connectivity index (χ2n) is 3.82. The smallest absolute Gasteiger partial charge is 0.161 e. The lowest BCUT2D eigenvalue weighted by atomic mass is 10.0. The zero-order valence-corrected chi connectivity index (χ0v) is 11.6. The normalized spacial score (nSPS) is 12.5. The second-order valence-corrected chi connectivity index (χ2v) is 5.17. The van der Waals surface area contributed by atoms with Crippen molar-refractivity contribution >= 4 is 27.5 Å². The van der Waals surface area contributed by atoms with E-state index in [9.17, 15) is 17.6 Å². The van der Waals surface area contributed by atoms with Gasteiger partial charge in [-0.15, -0.1) is 11.6 Å². The van der Waals surface area contributed by atoms with Crippen molar-refractivity contribution in [3.63, 3.8) is 0 Å². The van der Waals surface area contributed by atoms with Crippen LogP contribution < -0.4 is 0 Å². The molecule has 1 atom stereocenters. The van der Waals surface area contributed by atoms with Gasteiger partial charge in [0.1, 0.15) is 11.6 Å². The van der Waals surface area contributed by atoms with E-state index in [2.05, 4.69) is 15.9 Å². The molecular formula is C13H6BrClF4. The molecule has 0 heterocycles. The summed E-state index contributed by atoms with van der Waals surface area (Å²) in [5.41, 5.74) is -0.349. The molecule has 0 aliphatic heterocycles. The molecule has 0 bridgehead atoms. The summed E-state index contributed by atoms with van der Waals surface area (Å²) in [6.45, 7) is 0. The molecule has 0 N–H and O–H groups in total. The minimum absolute atomic E-state index is 0.0269. The number of halogens is 6. The molecule has 0 saturated carbocycles. The van der Waals surface area contributed by atoms with E-state index >= 15 is 0 Å². The number of hydrogen-bond donors (Lipinski definition) is 0. The van der Waals surface area contributed by atoms with Crippen LogP contribution in [0.3, 0.4) is 0 Å². The lowest BCUT2D eigenvalue weighted by Gasteiger charge is -2.13. The van der Waals surface area contributed by atoms with Crippen LogP contribution in [0.2, 0.25) is 0 Å². The maximum Gasteiger partial charge on any atom is 0.161 e. The molecule has 0 nitrogen and oxygen atoms in total. The van der Waals surface area contributed by atoms with Gasteiger partial charge in [-0.05, 0) is 24.3 Å². The molecule has 2 aromatic carbocycles. The Kier molecular flexibility index (Phi) is 4.16. The molecule has 0 amide bonds. The van der Waals surface area contributed by atoms with Crippen molar-refractivity contribution in [3.8, 4) is 0 Å². The van der Waals surface area contributed by atoms with Gasteiger partial charge in [0, 0.05) is 21.7 Å². The summed E-state index contributed by atoms with van der Waals surface area (Å²) in [7, 11) is 0. The van der Waals surface area contributed by atoms with Gasteiger partial charge in [-0.1, -0.05) is 15.9 Å². The molecule has 2 rings (SSSR count). The fraction of sp³-hybridized carbons (Fsp3) is 0.0769. The molecule has 19 heavy (non-hydrogen) atoms. The Morgan fingerprint density at radius 3 is 2.05 bits per heavy atom. The highest BCUT2D eigenvalue weighted by Gasteiger charge is 2.21. The van der Waals surface area contributed by atoms with Crippen LogP contribution in [0.5, 0.6) is 0 Å². The summed E-state index contributed by atoms with van der Waals surface area (Å²) in [5.74, 6) is -4.25. The Hall–Kier alpha value is -1.07. The van der Waals surface area contributed by atoms with Gasteiger partial charge in [0.2, 0.25) is 0 Å². The molecular weight excluding hydrogens is 347 g/mol. The first-order chi connectivity index (χ1) is 8.90. The van der Waals surface area contributed by atoms with Crippen LogP contribution in [0.15, 0.2) is 34.8 Å². The quantitative estimate of drug-likeness (QED) is 0.389. The lowest BCUT2D eigenvalue weighted by molar-refractivity contribution is 0.490. The summed E-state index contributed by atoms with van der Waals surface area (Å²) in [6, 6.07) is 4.96. The zero-order chi connectivity index (χ0) is 14.2. The second kappa shape index (κ2) is 5.51. The fourth-order valence-electron chi connectivity index (χ4n) is 1.61. The van der Waals surface area contributed by atoms with Crippen LogP contribution in [-0.2, 0) is 0 Å². The third-order valence-electron chi connectivity index (χ3n) is 2.54. The lowest BCUT2D eigenvalue weighted by Crippen LogP contribution is -2.02. The predicted molar refractivity (Wildman–Crippen MR) is 68.1 cm³/mol. The van der Waals surface area contributed by atoms with Gasteiger partial charge >= 0.3 is 0 Å². The van der Waals surface area contributed by atoms with Crippen molar-refractivity contribution in [3.05, 3.63) is 69.2 Å². The van der Waals surface area contributed by atoms with Crippen LogP contribution in [0.25, 0.3) is 0 Å². The Labute approximate surface area is 120 Å². The van der Waals surface area contributed by atoms with E-state index in [0.717, 1.165) is 6.07 Å². The van der Waals surface area contributed by atoms with Gasteiger partial charge in [-0.25, -0.2) is 17.6 Å². The highest BCUT2D eigenvalue weighted by molar-refractivity contribution is 9.10. The SMILES string of the molecule is Fc1cc(F)c(C(Cl)c2cc(Br)ccc2F)cc1F. The summed E-state index contributed by atoms with van der Waals surface area (Å²) in [6.07, 6.45) is 0. The molecule has 1 unspecified atom stereocenters.